The summed E-state index contributed by atoms with van der Waals surface area (Å²) >= 11 is 2.42. The van der Waals surface area contributed by atoms with Gasteiger partial charge in [-0.2, -0.15) is 0 Å². The van der Waals surface area contributed by atoms with Crippen molar-refractivity contribution in [1.82, 2.24) is 4.90 Å². The molecule has 0 unspecified atom stereocenters. The lowest BCUT2D eigenvalue weighted by molar-refractivity contribution is -0.147. The van der Waals surface area contributed by atoms with Crippen molar-refractivity contribution < 1.29 is 28.7 Å². The van der Waals surface area contributed by atoms with Crippen LogP contribution in [-0.4, -0.2) is 60.0 Å². The van der Waals surface area contributed by atoms with Crippen molar-refractivity contribution in [3.05, 3.63) is 16.0 Å². The number of aryl methyl sites for hydroxylation is 1. The second-order valence-electron chi connectivity index (χ2n) is 5.66. The van der Waals surface area contributed by atoms with Crippen LogP contribution >= 0.6 is 23.1 Å². The van der Waals surface area contributed by atoms with Crippen molar-refractivity contribution in [2.24, 2.45) is 0 Å². The molecule has 0 bridgehead atoms. The quantitative estimate of drug-likeness (QED) is 0.652. The third-order valence-electron chi connectivity index (χ3n) is 3.82. The molecule has 148 valence electrons. The predicted octanol–water partition coefficient (Wildman–Crippen LogP) is 2.45. The van der Waals surface area contributed by atoms with Crippen LogP contribution in [0.1, 0.15) is 34.6 Å². The first kappa shape index (κ1) is 21.2. The number of carbonyl (C=O) groups excluding carboxylic acids is 4. The number of nitrogens with one attached hydrogen (secondary N) is 1. The van der Waals surface area contributed by atoms with E-state index in [-0.39, 0.29) is 18.4 Å². The van der Waals surface area contributed by atoms with Gasteiger partial charge in [-0.3, -0.25) is 14.4 Å². The fourth-order valence-electron chi connectivity index (χ4n) is 2.59. The topological polar surface area (TPSA) is 102 Å². The molecule has 0 saturated carbocycles. The third kappa shape index (κ3) is 5.46. The zero-order valence-electron chi connectivity index (χ0n) is 15.5. The second-order valence-corrected chi connectivity index (χ2v) is 7.93. The van der Waals surface area contributed by atoms with E-state index in [1.54, 1.807) is 6.92 Å². The summed E-state index contributed by atoms with van der Waals surface area (Å²) in [6.45, 7) is 5.55. The van der Waals surface area contributed by atoms with Gasteiger partial charge in [-0.1, -0.05) is 18.7 Å². The SMILES string of the molecule is CCOC(=O)c1c(NC(=O)COC(=O)CN2CCSC2=O)sc(C)c1CC. The Kier molecular flexibility index (Phi) is 7.66. The molecule has 0 radical (unpaired) electrons. The zero-order chi connectivity index (χ0) is 20.0. The normalized spacial score (nSPS) is 13.6. The summed E-state index contributed by atoms with van der Waals surface area (Å²) in [6.07, 6.45) is 0.628. The van der Waals surface area contributed by atoms with Gasteiger partial charge in [0.1, 0.15) is 11.5 Å². The van der Waals surface area contributed by atoms with Crippen LogP contribution in [0.2, 0.25) is 0 Å². The van der Waals surface area contributed by atoms with Crippen LogP contribution in [0.4, 0.5) is 9.80 Å². The van der Waals surface area contributed by atoms with Gasteiger partial charge >= 0.3 is 11.9 Å². The minimum Gasteiger partial charge on any atom is -0.462 e. The fraction of sp³-hybridized carbons (Fsp3) is 0.529. The van der Waals surface area contributed by atoms with Crippen molar-refractivity contribution in [2.45, 2.75) is 27.2 Å². The van der Waals surface area contributed by atoms with Crippen molar-refractivity contribution >= 4 is 51.2 Å². The van der Waals surface area contributed by atoms with E-state index in [9.17, 15) is 19.2 Å². The highest BCUT2D eigenvalue weighted by Crippen LogP contribution is 2.34. The standard InChI is InChI=1S/C17H22N2O6S2/c1-4-11-10(3)27-15(14(11)16(22)24-5-2)18-12(20)9-25-13(21)8-19-6-7-26-17(19)23/h4-9H2,1-3H3,(H,18,20). The van der Waals surface area contributed by atoms with Gasteiger partial charge < -0.3 is 19.7 Å². The first-order valence-corrected chi connectivity index (χ1v) is 10.3. The number of anilines is 1. The van der Waals surface area contributed by atoms with Crippen LogP contribution in [0, 0.1) is 6.92 Å². The Morgan fingerprint density at radius 3 is 2.56 bits per heavy atom. The monoisotopic (exact) mass is 414 g/mol. The number of esters is 2. The molecule has 1 N–H and O–H groups in total. The van der Waals surface area contributed by atoms with Gasteiger partial charge in [0, 0.05) is 17.2 Å². The fourth-order valence-corrected chi connectivity index (χ4v) is 4.57. The molecule has 2 heterocycles. The molecule has 8 nitrogen and oxygen atoms in total. The molecule has 1 fully saturated rings. The van der Waals surface area contributed by atoms with Crippen molar-refractivity contribution in [3.63, 3.8) is 0 Å². The smallest absolute Gasteiger partial charge is 0.341 e. The number of hydrogen-bond donors (Lipinski definition) is 1. The summed E-state index contributed by atoms with van der Waals surface area (Å²) in [5.41, 5.74) is 1.18. The van der Waals surface area contributed by atoms with Gasteiger partial charge in [-0.25, -0.2) is 4.79 Å². The van der Waals surface area contributed by atoms with Gasteiger partial charge in [-0.05, 0) is 25.8 Å². The average molecular weight is 415 g/mol. The Balaban J connectivity index is 1.96. The summed E-state index contributed by atoms with van der Waals surface area (Å²) in [5, 5.41) is 2.83. The molecule has 0 aliphatic carbocycles. The first-order chi connectivity index (χ1) is 12.9. The van der Waals surface area contributed by atoms with Gasteiger partial charge in [0.25, 0.3) is 11.1 Å². The minimum atomic E-state index is -0.650. The Bertz CT molecular complexity index is 746. The molecule has 2 rings (SSSR count). The Hall–Kier alpha value is -2.07. The third-order valence-corrected chi connectivity index (χ3v) is 5.78. The van der Waals surface area contributed by atoms with E-state index >= 15 is 0 Å². The summed E-state index contributed by atoms with van der Waals surface area (Å²) < 4.78 is 10.0. The van der Waals surface area contributed by atoms with Crippen LogP contribution in [0.5, 0.6) is 0 Å². The Morgan fingerprint density at radius 1 is 1.22 bits per heavy atom. The van der Waals surface area contributed by atoms with Crippen LogP contribution in [-0.2, 0) is 25.5 Å². The predicted molar refractivity (Wildman–Crippen MR) is 103 cm³/mol. The molecule has 1 saturated heterocycles. The van der Waals surface area contributed by atoms with Crippen LogP contribution in [0.3, 0.4) is 0 Å². The molecule has 1 aromatic rings. The minimum absolute atomic E-state index is 0.170. The maximum atomic E-state index is 12.2. The van der Waals surface area contributed by atoms with E-state index in [1.807, 2.05) is 13.8 Å². The van der Waals surface area contributed by atoms with E-state index in [1.165, 1.54) is 16.2 Å². The second kappa shape index (κ2) is 9.75. The van der Waals surface area contributed by atoms with Crippen LogP contribution in [0.25, 0.3) is 0 Å². The zero-order valence-corrected chi connectivity index (χ0v) is 17.1. The molecule has 1 aliphatic heterocycles. The van der Waals surface area contributed by atoms with Gasteiger partial charge in [0.2, 0.25) is 0 Å². The molecule has 2 amide bonds. The number of hydrogen-bond acceptors (Lipinski definition) is 8. The highest BCUT2D eigenvalue weighted by atomic mass is 32.2. The highest BCUT2D eigenvalue weighted by molar-refractivity contribution is 8.13. The van der Waals surface area contributed by atoms with E-state index in [2.05, 4.69) is 5.32 Å². The number of carbonyl (C=O) groups is 4. The van der Waals surface area contributed by atoms with Crippen LogP contribution in [0.15, 0.2) is 0 Å². The Labute approximate surface area is 165 Å². The summed E-state index contributed by atoms with van der Waals surface area (Å²) in [7, 11) is 0. The maximum Gasteiger partial charge on any atom is 0.341 e. The first-order valence-electron chi connectivity index (χ1n) is 8.53. The number of amides is 2. The van der Waals surface area contributed by atoms with E-state index in [0.717, 1.165) is 22.2 Å². The van der Waals surface area contributed by atoms with E-state index in [0.29, 0.717) is 29.3 Å². The van der Waals surface area contributed by atoms with Crippen molar-refractivity contribution in [3.8, 4) is 0 Å². The largest absolute Gasteiger partial charge is 0.462 e. The number of thiophene rings is 1. The number of ether oxygens (including phenoxy) is 2. The van der Waals surface area contributed by atoms with Gasteiger partial charge in [0.15, 0.2) is 6.61 Å². The summed E-state index contributed by atoms with van der Waals surface area (Å²) in [4.78, 5) is 49.9. The molecule has 0 aromatic carbocycles. The lowest BCUT2D eigenvalue weighted by atomic mass is 10.1. The molecule has 27 heavy (non-hydrogen) atoms. The molecule has 0 spiro atoms. The van der Waals surface area contributed by atoms with Crippen molar-refractivity contribution in [2.75, 3.05) is 37.4 Å². The van der Waals surface area contributed by atoms with Crippen LogP contribution < -0.4 is 5.32 Å². The molecule has 10 heteroatoms. The molecular formula is C17H22N2O6S2. The lowest BCUT2D eigenvalue weighted by Gasteiger charge is -2.13. The molecular weight excluding hydrogens is 392 g/mol. The highest BCUT2D eigenvalue weighted by Gasteiger charge is 2.25. The lowest BCUT2D eigenvalue weighted by Crippen LogP contribution is -2.32. The van der Waals surface area contributed by atoms with Crippen molar-refractivity contribution in [1.29, 1.82) is 0 Å². The molecule has 1 aliphatic rings. The van der Waals surface area contributed by atoms with E-state index in [4.69, 9.17) is 9.47 Å². The average Bonchev–Trinajstić information content (AvgIpc) is 3.15. The van der Waals surface area contributed by atoms with E-state index < -0.39 is 24.5 Å². The molecule has 1 aromatic heterocycles. The Morgan fingerprint density at radius 2 is 1.96 bits per heavy atom. The van der Waals surface area contributed by atoms with Gasteiger partial charge in [-0.15, -0.1) is 11.3 Å². The number of rotatable bonds is 8. The maximum absolute atomic E-state index is 12.2. The number of thioether (sulfide) groups is 1. The molecule has 0 atom stereocenters. The number of nitrogens with zero attached hydrogens (tertiary/aromatic N) is 1. The summed E-state index contributed by atoms with van der Waals surface area (Å²) in [5.74, 6) is -1.06. The summed E-state index contributed by atoms with van der Waals surface area (Å²) in [6, 6.07) is 0. The van der Waals surface area contributed by atoms with Gasteiger partial charge in [0.05, 0.1) is 12.2 Å².